The summed E-state index contributed by atoms with van der Waals surface area (Å²) in [7, 11) is 1.82. The number of carbonyl (C=O) groups is 1. The second-order valence-electron chi connectivity index (χ2n) is 6.66. The molecule has 0 unspecified atom stereocenters. The minimum atomic E-state index is -0.0303. The van der Waals surface area contributed by atoms with E-state index in [1.165, 1.54) is 4.88 Å². The predicted octanol–water partition coefficient (Wildman–Crippen LogP) is 3.99. The fourth-order valence-electron chi connectivity index (χ4n) is 3.23. The Labute approximate surface area is 154 Å². The first-order valence-electron chi connectivity index (χ1n) is 8.41. The molecule has 1 N–H and O–H groups in total. The summed E-state index contributed by atoms with van der Waals surface area (Å²) in [6.45, 7) is 2.73. The van der Waals surface area contributed by atoms with Crippen molar-refractivity contribution in [2.45, 2.75) is 32.7 Å². The van der Waals surface area contributed by atoms with Gasteiger partial charge in [-0.2, -0.15) is 5.10 Å². The lowest BCUT2D eigenvalue weighted by molar-refractivity contribution is 0.0776. The molecule has 25 heavy (non-hydrogen) atoms. The zero-order valence-electron chi connectivity index (χ0n) is 14.3. The van der Waals surface area contributed by atoms with Crippen LogP contribution in [-0.2, 0) is 19.4 Å². The number of aromatic amines is 1. The largest absolute Gasteiger partial charge is 0.334 e. The fourth-order valence-corrected chi connectivity index (χ4v) is 4.86. The van der Waals surface area contributed by atoms with Crippen LogP contribution in [0.25, 0.3) is 9.88 Å². The van der Waals surface area contributed by atoms with Crippen molar-refractivity contribution >= 4 is 28.6 Å². The van der Waals surface area contributed by atoms with Gasteiger partial charge in [0, 0.05) is 23.7 Å². The molecule has 1 atom stereocenters. The summed E-state index contributed by atoms with van der Waals surface area (Å²) < 4.78 is 0. The molecule has 7 heteroatoms. The van der Waals surface area contributed by atoms with Crippen LogP contribution in [0.4, 0.5) is 0 Å². The van der Waals surface area contributed by atoms with Gasteiger partial charge in [0.05, 0.1) is 17.1 Å². The molecule has 0 aromatic carbocycles. The molecule has 4 rings (SSSR count). The number of carbonyl (C=O) groups excluding carboxylic acids is 1. The maximum absolute atomic E-state index is 12.8. The van der Waals surface area contributed by atoms with Crippen molar-refractivity contribution in [1.29, 1.82) is 0 Å². The van der Waals surface area contributed by atoms with Crippen molar-refractivity contribution in [1.82, 2.24) is 20.1 Å². The van der Waals surface area contributed by atoms with Crippen molar-refractivity contribution in [2.24, 2.45) is 5.92 Å². The van der Waals surface area contributed by atoms with Gasteiger partial charge in [-0.15, -0.1) is 22.7 Å². The SMILES string of the molecule is C[C@H]1CCc2[nH]nc(C(=O)N(C)Cc3csc(-c4cccs4)n3)c2C1. The molecule has 0 spiro atoms. The number of amides is 1. The quantitative estimate of drug-likeness (QED) is 0.753. The Morgan fingerprint density at radius 3 is 3.12 bits per heavy atom. The Bertz CT molecular complexity index is 881. The number of thiazole rings is 1. The normalized spacial score (nSPS) is 16.6. The number of thiophene rings is 1. The van der Waals surface area contributed by atoms with Gasteiger partial charge in [-0.05, 0) is 36.6 Å². The van der Waals surface area contributed by atoms with E-state index in [2.05, 4.69) is 28.2 Å². The van der Waals surface area contributed by atoms with E-state index in [9.17, 15) is 4.79 Å². The average Bonchev–Trinajstić information content (AvgIpc) is 3.33. The third-order valence-corrected chi connectivity index (χ3v) is 6.55. The van der Waals surface area contributed by atoms with Crippen LogP contribution in [0.2, 0.25) is 0 Å². The molecular formula is C18H20N4OS2. The van der Waals surface area contributed by atoms with E-state index in [1.807, 2.05) is 23.9 Å². The van der Waals surface area contributed by atoms with Gasteiger partial charge in [0.15, 0.2) is 5.69 Å². The summed E-state index contributed by atoms with van der Waals surface area (Å²) >= 11 is 3.30. The van der Waals surface area contributed by atoms with E-state index < -0.39 is 0 Å². The topological polar surface area (TPSA) is 61.9 Å². The molecule has 1 amide bonds. The highest BCUT2D eigenvalue weighted by Gasteiger charge is 2.26. The first-order chi connectivity index (χ1) is 12.1. The van der Waals surface area contributed by atoms with Crippen molar-refractivity contribution in [3.05, 3.63) is 45.5 Å². The molecule has 1 aliphatic rings. The number of rotatable bonds is 4. The second-order valence-corrected chi connectivity index (χ2v) is 8.47. The van der Waals surface area contributed by atoms with Gasteiger partial charge >= 0.3 is 0 Å². The summed E-state index contributed by atoms with van der Waals surface area (Å²) in [5.41, 5.74) is 3.73. The Hall–Kier alpha value is -1.99. The molecular weight excluding hydrogens is 352 g/mol. The molecule has 0 fully saturated rings. The van der Waals surface area contributed by atoms with Gasteiger partial charge in [-0.3, -0.25) is 9.89 Å². The fraction of sp³-hybridized carbons (Fsp3) is 0.389. The van der Waals surface area contributed by atoms with E-state index in [4.69, 9.17) is 0 Å². The molecule has 0 bridgehead atoms. The van der Waals surface area contributed by atoms with Crippen LogP contribution in [0, 0.1) is 5.92 Å². The van der Waals surface area contributed by atoms with E-state index >= 15 is 0 Å². The van der Waals surface area contributed by atoms with Crippen molar-refractivity contribution in [2.75, 3.05) is 7.05 Å². The van der Waals surface area contributed by atoms with Crippen molar-refractivity contribution < 1.29 is 4.79 Å². The third-order valence-electron chi connectivity index (χ3n) is 4.62. The smallest absolute Gasteiger partial charge is 0.274 e. The van der Waals surface area contributed by atoms with Crippen LogP contribution in [0.3, 0.4) is 0 Å². The van der Waals surface area contributed by atoms with Gasteiger partial charge < -0.3 is 4.90 Å². The number of hydrogen-bond acceptors (Lipinski definition) is 5. The number of nitrogens with zero attached hydrogens (tertiary/aromatic N) is 3. The summed E-state index contributed by atoms with van der Waals surface area (Å²) in [6.07, 6.45) is 3.07. The standard InChI is InChI=1S/C18H20N4OS2/c1-11-5-6-14-13(8-11)16(21-20-14)18(23)22(2)9-12-10-25-17(19-12)15-4-3-7-24-15/h3-4,7,10-11H,5-6,8-9H2,1-2H3,(H,20,21)/t11-/m0/s1. The zero-order valence-corrected chi connectivity index (χ0v) is 15.9. The van der Waals surface area contributed by atoms with E-state index in [0.717, 1.165) is 41.2 Å². The molecule has 3 aromatic heterocycles. The lowest BCUT2D eigenvalue weighted by atomic mass is 9.87. The van der Waals surface area contributed by atoms with Crippen LogP contribution in [0.15, 0.2) is 22.9 Å². The first kappa shape index (κ1) is 16.5. The van der Waals surface area contributed by atoms with Crippen LogP contribution in [0.1, 0.15) is 40.8 Å². The Morgan fingerprint density at radius 2 is 2.32 bits per heavy atom. The number of aryl methyl sites for hydroxylation is 1. The van der Waals surface area contributed by atoms with E-state index in [0.29, 0.717) is 18.2 Å². The molecule has 0 saturated carbocycles. The van der Waals surface area contributed by atoms with Gasteiger partial charge in [-0.1, -0.05) is 13.0 Å². The van der Waals surface area contributed by atoms with E-state index in [1.54, 1.807) is 27.6 Å². The number of fused-ring (bicyclic) bond motifs is 1. The molecule has 0 saturated heterocycles. The predicted molar refractivity (Wildman–Crippen MR) is 101 cm³/mol. The minimum absolute atomic E-state index is 0.0303. The van der Waals surface area contributed by atoms with Gasteiger partial charge in [-0.25, -0.2) is 4.98 Å². The van der Waals surface area contributed by atoms with Crippen LogP contribution in [-0.4, -0.2) is 33.0 Å². The highest BCUT2D eigenvalue weighted by Crippen LogP contribution is 2.29. The number of hydrogen-bond donors (Lipinski definition) is 1. The summed E-state index contributed by atoms with van der Waals surface area (Å²) in [4.78, 5) is 20.4. The molecule has 1 aliphatic carbocycles. The molecule has 5 nitrogen and oxygen atoms in total. The number of aromatic nitrogens is 3. The highest BCUT2D eigenvalue weighted by atomic mass is 32.1. The average molecular weight is 373 g/mol. The highest BCUT2D eigenvalue weighted by molar-refractivity contribution is 7.20. The monoisotopic (exact) mass is 372 g/mol. The molecule has 3 heterocycles. The summed E-state index contributed by atoms with van der Waals surface area (Å²) in [6, 6.07) is 4.09. The third kappa shape index (κ3) is 3.26. The maximum atomic E-state index is 12.8. The lowest BCUT2D eigenvalue weighted by Crippen LogP contribution is -2.28. The Morgan fingerprint density at radius 1 is 1.44 bits per heavy atom. The summed E-state index contributed by atoms with van der Waals surface area (Å²) in [5, 5.41) is 12.5. The molecule has 3 aromatic rings. The van der Waals surface area contributed by atoms with E-state index in [-0.39, 0.29) is 5.91 Å². The van der Waals surface area contributed by atoms with Crippen molar-refractivity contribution in [3.8, 4) is 9.88 Å². The zero-order chi connectivity index (χ0) is 17.4. The van der Waals surface area contributed by atoms with Crippen LogP contribution >= 0.6 is 22.7 Å². The molecule has 130 valence electrons. The second kappa shape index (κ2) is 6.72. The molecule has 0 radical (unpaired) electrons. The van der Waals surface area contributed by atoms with Crippen molar-refractivity contribution in [3.63, 3.8) is 0 Å². The number of H-pyrrole nitrogens is 1. The van der Waals surface area contributed by atoms with Gasteiger partial charge in [0.2, 0.25) is 0 Å². The van der Waals surface area contributed by atoms with Gasteiger partial charge in [0.1, 0.15) is 5.01 Å². The summed E-state index contributed by atoms with van der Waals surface area (Å²) in [5.74, 6) is 0.575. The van der Waals surface area contributed by atoms with Crippen LogP contribution < -0.4 is 0 Å². The van der Waals surface area contributed by atoms with Gasteiger partial charge in [0.25, 0.3) is 5.91 Å². The minimum Gasteiger partial charge on any atom is -0.334 e. The lowest BCUT2D eigenvalue weighted by Gasteiger charge is -2.20. The first-order valence-corrected chi connectivity index (χ1v) is 10.2. The maximum Gasteiger partial charge on any atom is 0.274 e. The van der Waals surface area contributed by atoms with Crippen LogP contribution in [0.5, 0.6) is 0 Å². The Balaban J connectivity index is 1.49. The molecule has 0 aliphatic heterocycles. The Kier molecular flexibility index (Phi) is 4.43. The number of nitrogens with one attached hydrogen (secondary N) is 1.